The number of esters is 1. The second kappa shape index (κ2) is 6.76. The molecular formula is C18H18N4O2S. The Kier molecular flexibility index (Phi) is 4.31. The molecule has 2 heterocycles. The number of thiophene rings is 1. The van der Waals surface area contributed by atoms with Crippen molar-refractivity contribution in [2.45, 2.75) is 39.3 Å². The molecule has 0 aliphatic heterocycles. The number of hydrogen-bond acceptors (Lipinski definition) is 6. The predicted molar refractivity (Wildman–Crippen MR) is 94.4 cm³/mol. The maximum absolute atomic E-state index is 12.4. The van der Waals surface area contributed by atoms with Gasteiger partial charge in [0, 0.05) is 11.4 Å². The third kappa shape index (κ3) is 3.07. The fourth-order valence-corrected chi connectivity index (χ4v) is 4.25. The van der Waals surface area contributed by atoms with E-state index in [1.807, 2.05) is 19.1 Å². The van der Waals surface area contributed by atoms with Gasteiger partial charge in [0.1, 0.15) is 4.88 Å². The molecule has 0 atom stereocenters. The molecule has 0 unspecified atom stereocenters. The smallest absolute Gasteiger partial charge is 0.348 e. The highest BCUT2D eigenvalue weighted by Gasteiger charge is 2.22. The Bertz CT molecular complexity index is 915. The van der Waals surface area contributed by atoms with E-state index in [-0.39, 0.29) is 12.6 Å². The van der Waals surface area contributed by atoms with Crippen LogP contribution in [0.15, 0.2) is 30.3 Å². The lowest BCUT2D eigenvalue weighted by Crippen LogP contribution is -2.10. The first-order valence-electron chi connectivity index (χ1n) is 8.39. The lowest BCUT2D eigenvalue weighted by atomic mass is 9.91. The van der Waals surface area contributed by atoms with Gasteiger partial charge in [0.15, 0.2) is 12.4 Å². The monoisotopic (exact) mass is 354 g/mol. The van der Waals surface area contributed by atoms with E-state index < -0.39 is 0 Å². The Labute approximate surface area is 149 Å². The van der Waals surface area contributed by atoms with Crippen molar-refractivity contribution >= 4 is 17.3 Å². The molecule has 1 aliphatic carbocycles. The minimum atomic E-state index is -0.317. The van der Waals surface area contributed by atoms with Crippen LogP contribution in [0.3, 0.4) is 0 Å². The van der Waals surface area contributed by atoms with E-state index in [4.69, 9.17) is 4.74 Å². The third-order valence-corrected chi connectivity index (χ3v) is 5.50. The van der Waals surface area contributed by atoms with Gasteiger partial charge < -0.3 is 4.74 Å². The lowest BCUT2D eigenvalue weighted by Gasteiger charge is -2.15. The fourth-order valence-electron chi connectivity index (χ4n) is 3.09. The van der Waals surface area contributed by atoms with E-state index in [9.17, 15) is 4.79 Å². The number of carbonyl (C=O) groups excluding carboxylic acids is 1. The predicted octanol–water partition coefficient (Wildman–Crippen LogP) is 3.27. The molecule has 0 saturated heterocycles. The SMILES string of the molecule is CCCn1nnnc1COC(=O)c1cc2c(s1)-c1ccccc1CC2. The molecule has 3 aromatic rings. The van der Waals surface area contributed by atoms with Gasteiger partial charge in [-0.3, -0.25) is 0 Å². The van der Waals surface area contributed by atoms with E-state index in [2.05, 4.69) is 33.7 Å². The first kappa shape index (κ1) is 16.0. The highest BCUT2D eigenvalue weighted by atomic mass is 32.1. The largest absolute Gasteiger partial charge is 0.453 e. The van der Waals surface area contributed by atoms with Gasteiger partial charge in [-0.15, -0.1) is 16.4 Å². The normalized spacial score (nSPS) is 12.5. The van der Waals surface area contributed by atoms with Crippen LogP contribution in [0.5, 0.6) is 0 Å². The molecule has 0 saturated carbocycles. The van der Waals surface area contributed by atoms with Crippen molar-refractivity contribution in [3.8, 4) is 10.4 Å². The van der Waals surface area contributed by atoms with E-state index in [0.717, 1.165) is 19.3 Å². The van der Waals surface area contributed by atoms with Gasteiger partial charge in [-0.05, 0) is 52.4 Å². The first-order valence-corrected chi connectivity index (χ1v) is 9.21. The van der Waals surface area contributed by atoms with Crippen LogP contribution in [-0.2, 0) is 30.7 Å². The standard InChI is InChI=1S/C18H18N4O2S/c1-2-9-22-16(19-20-21-22)11-24-18(23)15-10-13-8-7-12-5-3-4-6-14(12)17(13)25-15/h3-6,10H,2,7-9,11H2,1H3. The van der Waals surface area contributed by atoms with Crippen molar-refractivity contribution in [3.05, 3.63) is 52.2 Å². The first-order chi connectivity index (χ1) is 12.3. The van der Waals surface area contributed by atoms with Gasteiger partial charge >= 0.3 is 5.97 Å². The number of ether oxygens (including phenoxy) is 1. The number of benzene rings is 1. The minimum absolute atomic E-state index is 0.0883. The molecule has 0 radical (unpaired) electrons. The van der Waals surface area contributed by atoms with Crippen LogP contribution in [0, 0.1) is 0 Å². The molecule has 0 amide bonds. The summed E-state index contributed by atoms with van der Waals surface area (Å²) in [4.78, 5) is 14.3. The molecule has 1 aliphatic rings. The van der Waals surface area contributed by atoms with Crippen LogP contribution in [0.4, 0.5) is 0 Å². The molecule has 0 N–H and O–H groups in total. The number of fused-ring (bicyclic) bond motifs is 3. The van der Waals surface area contributed by atoms with E-state index in [1.54, 1.807) is 4.68 Å². The minimum Gasteiger partial charge on any atom is -0.453 e. The zero-order chi connectivity index (χ0) is 17.2. The highest BCUT2D eigenvalue weighted by Crippen LogP contribution is 2.39. The molecular weight excluding hydrogens is 336 g/mol. The van der Waals surface area contributed by atoms with Crippen LogP contribution >= 0.6 is 11.3 Å². The number of rotatable bonds is 5. The fraction of sp³-hybridized carbons (Fsp3) is 0.333. The number of carbonyl (C=O) groups is 1. The van der Waals surface area contributed by atoms with Gasteiger partial charge in [0.05, 0.1) is 0 Å². The number of aromatic nitrogens is 4. The summed E-state index contributed by atoms with van der Waals surface area (Å²) in [6, 6.07) is 10.3. The molecule has 6 nitrogen and oxygen atoms in total. The van der Waals surface area contributed by atoms with Crippen molar-refractivity contribution < 1.29 is 9.53 Å². The topological polar surface area (TPSA) is 69.9 Å². The second-order valence-corrected chi connectivity index (χ2v) is 7.07. The van der Waals surface area contributed by atoms with Crippen LogP contribution in [-0.4, -0.2) is 26.2 Å². The summed E-state index contributed by atoms with van der Waals surface area (Å²) in [5.41, 5.74) is 3.81. The summed E-state index contributed by atoms with van der Waals surface area (Å²) >= 11 is 1.50. The Morgan fingerprint density at radius 2 is 2.12 bits per heavy atom. The van der Waals surface area contributed by atoms with E-state index in [1.165, 1.54) is 32.9 Å². The van der Waals surface area contributed by atoms with Gasteiger partial charge in [-0.1, -0.05) is 31.2 Å². The summed E-state index contributed by atoms with van der Waals surface area (Å²) in [6.07, 6.45) is 2.90. The molecule has 128 valence electrons. The summed E-state index contributed by atoms with van der Waals surface area (Å²) in [7, 11) is 0. The molecule has 0 spiro atoms. The van der Waals surface area contributed by atoms with Gasteiger partial charge in [0.2, 0.25) is 0 Å². The van der Waals surface area contributed by atoms with Crippen LogP contribution < -0.4 is 0 Å². The average molecular weight is 354 g/mol. The lowest BCUT2D eigenvalue weighted by molar-refractivity contribution is 0.0462. The highest BCUT2D eigenvalue weighted by molar-refractivity contribution is 7.17. The van der Waals surface area contributed by atoms with E-state index >= 15 is 0 Å². The van der Waals surface area contributed by atoms with Crippen molar-refractivity contribution in [2.24, 2.45) is 0 Å². The number of aryl methyl sites for hydroxylation is 3. The Balaban J connectivity index is 1.51. The molecule has 4 rings (SSSR count). The van der Waals surface area contributed by atoms with Crippen molar-refractivity contribution in [2.75, 3.05) is 0 Å². The Morgan fingerprint density at radius 3 is 3.00 bits per heavy atom. The molecule has 1 aromatic carbocycles. The number of hydrogen-bond donors (Lipinski definition) is 0. The quantitative estimate of drug-likeness (QED) is 0.658. The van der Waals surface area contributed by atoms with Crippen LogP contribution in [0.1, 0.15) is 40.0 Å². The van der Waals surface area contributed by atoms with Crippen molar-refractivity contribution in [1.29, 1.82) is 0 Å². The Hall–Kier alpha value is -2.54. The van der Waals surface area contributed by atoms with Crippen LogP contribution in [0.2, 0.25) is 0 Å². The maximum Gasteiger partial charge on any atom is 0.348 e. The second-order valence-electron chi connectivity index (χ2n) is 6.02. The van der Waals surface area contributed by atoms with Gasteiger partial charge in [-0.25, -0.2) is 9.48 Å². The molecule has 25 heavy (non-hydrogen) atoms. The molecule has 0 fully saturated rings. The molecule has 2 aromatic heterocycles. The van der Waals surface area contributed by atoms with Crippen LogP contribution in [0.25, 0.3) is 10.4 Å². The zero-order valence-electron chi connectivity index (χ0n) is 13.9. The zero-order valence-corrected chi connectivity index (χ0v) is 14.8. The molecule has 0 bridgehead atoms. The van der Waals surface area contributed by atoms with Crippen molar-refractivity contribution in [3.63, 3.8) is 0 Å². The number of tetrazole rings is 1. The Morgan fingerprint density at radius 1 is 1.28 bits per heavy atom. The number of nitrogens with zero attached hydrogens (tertiary/aromatic N) is 4. The summed E-state index contributed by atoms with van der Waals surface area (Å²) in [5.74, 6) is 0.254. The summed E-state index contributed by atoms with van der Waals surface area (Å²) < 4.78 is 7.10. The van der Waals surface area contributed by atoms with Gasteiger partial charge in [0.25, 0.3) is 0 Å². The van der Waals surface area contributed by atoms with Crippen molar-refractivity contribution in [1.82, 2.24) is 20.2 Å². The summed E-state index contributed by atoms with van der Waals surface area (Å²) in [5, 5.41) is 11.5. The summed E-state index contributed by atoms with van der Waals surface area (Å²) in [6.45, 7) is 2.85. The van der Waals surface area contributed by atoms with E-state index in [0.29, 0.717) is 17.2 Å². The average Bonchev–Trinajstić information content (AvgIpc) is 3.27. The molecule has 7 heteroatoms. The third-order valence-electron chi connectivity index (χ3n) is 4.31. The van der Waals surface area contributed by atoms with Gasteiger partial charge in [-0.2, -0.15) is 0 Å². The maximum atomic E-state index is 12.4.